The lowest BCUT2D eigenvalue weighted by Crippen LogP contribution is -2.15. The molecule has 1 N–H and O–H groups in total. The molecule has 2 aromatic heterocycles. The molecule has 0 fully saturated rings. The Bertz CT molecular complexity index is 469. The average molecular weight is 211 g/mol. The summed E-state index contributed by atoms with van der Waals surface area (Å²) in [5, 5.41) is 7.08. The summed E-state index contributed by atoms with van der Waals surface area (Å²) in [6.07, 6.45) is 1.72. The average Bonchev–Trinajstić information content (AvgIpc) is 2.50. The standard InChI is InChI=1S/C9H11ClN4/c1-9(2,3)8-12-5-4-11-14-6(5)7(10)13-8/h4H,1-3H3,(H,11,14). The van der Waals surface area contributed by atoms with E-state index in [2.05, 4.69) is 20.2 Å². The Morgan fingerprint density at radius 1 is 1.29 bits per heavy atom. The number of rotatable bonds is 0. The number of nitrogens with zero attached hydrogens (tertiary/aromatic N) is 3. The highest BCUT2D eigenvalue weighted by Crippen LogP contribution is 2.24. The van der Waals surface area contributed by atoms with E-state index in [1.807, 2.05) is 20.8 Å². The number of aromatic nitrogens is 4. The topological polar surface area (TPSA) is 54.5 Å². The van der Waals surface area contributed by atoms with Crippen molar-refractivity contribution in [3.05, 3.63) is 17.2 Å². The second-order valence-corrected chi connectivity index (χ2v) is 4.57. The third-order valence-electron chi connectivity index (χ3n) is 1.92. The van der Waals surface area contributed by atoms with Gasteiger partial charge >= 0.3 is 0 Å². The van der Waals surface area contributed by atoms with E-state index in [-0.39, 0.29) is 5.41 Å². The van der Waals surface area contributed by atoms with Crippen molar-refractivity contribution < 1.29 is 0 Å². The van der Waals surface area contributed by atoms with Crippen molar-refractivity contribution in [1.29, 1.82) is 0 Å². The second kappa shape index (κ2) is 2.92. The summed E-state index contributed by atoms with van der Waals surface area (Å²) in [4.78, 5) is 8.59. The lowest BCUT2D eigenvalue weighted by molar-refractivity contribution is 0.548. The molecule has 2 heterocycles. The summed E-state index contributed by atoms with van der Waals surface area (Å²) in [6.45, 7) is 6.14. The van der Waals surface area contributed by atoms with E-state index in [4.69, 9.17) is 11.6 Å². The van der Waals surface area contributed by atoms with Gasteiger partial charge in [0.25, 0.3) is 0 Å². The van der Waals surface area contributed by atoms with Gasteiger partial charge in [-0.3, -0.25) is 5.10 Å². The molecule has 0 aromatic carbocycles. The van der Waals surface area contributed by atoms with Gasteiger partial charge in [0, 0.05) is 11.6 Å². The number of aromatic amines is 1. The molecule has 0 radical (unpaired) electrons. The fourth-order valence-electron chi connectivity index (χ4n) is 1.14. The minimum absolute atomic E-state index is 0.102. The zero-order valence-corrected chi connectivity index (χ0v) is 9.05. The van der Waals surface area contributed by atoms with E-state index < -0.39 is 0 Å². The maximum Gasteiger partial charge on any atom is 0.160 e. The van der Waals surface area contributed by atoms with Gasteiger partial charge < -0.3 is 0 Å². The fourth-order valence-corrected chi connectivity index (χ4v) is 1.36. The molecule has 5 heteroatoms. The van der Waals surface area contributed by atoms with Crippen LogP contribution in [0.15, 0.2) is 6.20 Å². The molecule has 0 atom stereocenters. The van der Waals surface area contributed by atoms with Crippen LogP contribution in [0.4, 0.5) is 0 Å². The van der Waals surface area contributed by atoms with Crippen molar-refractivity contribution in [2.45, 2.75) is 26.2 Å². The number of halogens is 1. The molecule has 0 amide bonds. The van der Waals surface area contributed by atoms with Crippen LogP contribution < -0.4 is 0 Å². The quantitative estimate of drug-likeness (QED) is 0.679. The highest BCUT2D eigenvalue weighted by molar-refractivity contribution is 6.33. The first-order chi connectivity index (χ1) is 6.48. The molecule has 74 valence electrons. The lowest BCUT2D eigenvalue weighted by atomic mass is 9.96. The molecular formula is C9H11ClN4. The van der Waals surface area contributed by atoms with Gasteiger partial charge in [-0.25, -0.2) is 9.97 Å². The predicted octanol–water partition coefficient (Wildman–Crippen LogP) is 2.30. The van der Waals surface area contributed by atoms with Gasteiger partial charge in [-0.2, -0.15) is 5.10 Å². The summed E-state index contributed by atoms with van der Waals surface area (Å²) in [6, 6.07) is 0. The molecule has 14 heavy (non-hydrogen) atoms. The summed E-state index contributed by atoms with van der Waals surface area (Å²) in [5.74, 6) is 0.733. The van der Waals surface area contributed by atoms with Gasteiger partial charge in [-0.05, 0) is 0 Å². The van der Waals surface area contributed by atoms with Crippen molar-refractivity contribution in [2.75, 3.05) is 0 Å². The van der Waals surface area contributed by atoms with Gasteiger partial charge in [0.05, 0.1) is 0 Å². The Labute approximate surface area is 86.7 Å². The molecular weight excluding hydrogens is 200 g/mol. The van der Waals surface area contributed by atoms with Gasteiger partial charge in [0.1, 0.15) is 16.9 Å². The third-order valence-corrected chi connectivity index (χ3v) is 2.18. The van der Waals surface area contributed by atoms with Crippen LogP contribution in [-0.4, -0.2) is 20.2 Å². The first-order valence-corrected chi connectivity index (χ1v) is 4.74. The van der Waals surface area contributed by atoms with Crippen LogP contribution in [0.25, 0.3) is 11.0 Å². The predicted molar refractivity (Wildman–Crippen MR) is 55.4 cm³/mol. The van der Waals surface area contributed by atoms with Crippen LogP contribution in [0.2, 0.25) is 5.15 Å². The first kappa shape index (κ1) is 9.40. The molecule has 0 bridgehead atoms. The Hall–Kier alpha value is -1.16. The van der Waals surface area contributed by atoms with E-state index in [0.717, 1.165) is 11.3 Å². The molecule has 2 rings (SSSR count). The summed E-state index contributed by atoms with van der Waals surface area (Å²) >= 11 is 5.98. The molecule has 0 unspecified atom stereocenters. The largest absolute Gasteiger partial charge is 0.283 e. The second-order valence-electron chi connectivity index (χ2n) is 4.21. The Kier molecular flexibility index (Phi) is 1.96. The van der Waals surface area contributed by atoms with Gasteiger partial charge in [0.2, 0.25) is 0 Å². The van der Waals surface area contributed by atoms with Crippen LogP contribution in [0.5, 0.6) is 0 Å². The number of H-pyrrole nitrogens is 1. The summed E-state index contributed by atoms with van der Waals surface area (Å²) < 4.78 is 0. The van der Waals surface area contributed by atoms with Crippen LogP contribution in [0.1, 0.15) is 26.6 Å². The highest BCUT2D eigenvalue weighted by atomic mass is 35.5. The molecule has 0 spiro atoms. The van der Waals surface area contributed by atoms with Gasteiger partial charge in [-0.1, -0.05) is 32.4 Å². The van der Waals surface area contributed by atoms with E-state index in [1.54, 1.807) is 6.20 Å². The number of hydrogen-bond acceptors (Lipinski definition) is 3. The number of nitrogens with one attached hydrogen (secondary N) is 1. The lowest BCUT2D eigenvalue weighted by Gasteiger charge is -2.15. The molecule has 4 nitrogen and oxygen atoms in total. The minimum Gasteiger partial charge on any atom is -0.283 e. The zero-order valence-electron chi connectivity index (χ0n) is 8.30. The maximum absolute atomic E-state index is 5.98. The Balaban J connectivity index is 2.70. The maximum atomic E-state index is 5.98. The SMILES string of the molecule is CC(C)(C)c1nc(Cl)c2n[nH]cc2n1. The normalized spacial score (nSPS) is 12.3. The van der Waals surface area contributed by atoms with Crippen molar-refractivity contribution in [3.63, 3.8) is 0 Å². The number of fused-ring (bicyclic) bond motifs is 1. The monoisotopic (exact) mass is 210 g/mol. The van der Waals surface area contributed by atoms with Crippen molar-refractivity contribution >= 4 is 22.6 Å². The van der Waals surface area contributed by atoms with E-state index >= 15 is 0 Å². The molecule has 0 aliphatic rings. The zero-order chi connectivity index (χ0) is 10.3. The minimum atomic E-state index is -0.102. The van der Waals surface area contributed by atoms with Crippen molar-refractivity contribution in [1.82, 2.24) is 20.2 Å². The van der Waals surface area contributed by atoms with Gasteiger partial charge in [0.15, 0.2) is 5.15 Å². The Morgan fingerprint density at radius 3 is 2.64 bits per heavy atom. The summed E-state index contributed by atoms with van der Waals surface area (Å²) in [7, 11) is 0. The molecule has 0 aliphatic heterocycles. The molecule has 0 aliphatic carbocycles. The Morgan fingerprint density at radius 2 is 2.00 bits per heavy atom. The summed E-state index contributed by atoms with van der Waals surface area (Å²) in [5.41, 5.74) is 1.28. The highest BCUT2D eigenvalue weighted by Gasteiger charge is 2.19. The van der Waals surface area contributed by atoms with Crippen LogP contribution in [0, 0.1) is 0 Å². The molecule has 2 aromatic rings. The molecule has 0 saturated carbocycles. The van der Waals surface area contributed by atoms with Crippen LogP contribution in [-0.2, 0) is 5.41 Å². The number of hydrogen-bond donors (Lipinski definition) is 1. The first-order valence-electron chi connectivity index (χ1n) is 4.36. The van der Waals surface area contributed by atoms with E-state index in [9.17, 15) is 0 Å². The van der Waals surface area contributed by atoms with Crippen LogP contribution in [0.3, 0.4) is 0 Å². The van der Waals surface area contributed by atoms with E-state index in [1.165, 1.54) is 0 Å². The molecule has 0 saturated heterocycles. The fraction of sp³-hybridized carbons (Fsp3) is 0.444. The third kappa shape index (κ3) is 1.46. The van der Waals surface area contributed by atoms with Crippen LogP contribution >= 0.6 is 11.6 Å². The van der Waals surface area contributed by atoms with Crippen molar-refractivity contribution in [2.24, 2.45) is 0 Å². The van der Waals surface area contributed by atoms with Crippen molar-refractivity contribution in [3.8, 4) is 0 Å². The van der Waals surface area contributed by atoms with Gasteiger partial charge in [-0.15, -0.1) is 0 Å². The smallest absolute Gasteiger partial charge is 0.160 e. The van der Waals surface area contributed by atoms with E-state index in [0.29, 0.717) is 10.7 Å².